The van der Waals surface area contributed by atoms with E-state index in [1.165, 1.54) is 82.8 Å². The molecule has 6 nitrogen and oxygen atoms in total. The van der Waals surface area contributed by atoms with Crippen molar-refractivity contribution in [1.29, 1.82) is 0 Å². The molecule has 0 aromatic heterocycles. The number of carbonyl (C=O) groups is 1. The number of ketones is 1. The van der Waals surface area contributed by atoms with Gasteiger partial charge in [0.05, 0.1) is 18.0 Å². The number of hydrogen-bond donors (Lipinski definition) is 1. The van der Waals surface area contributed by atoms with Gasteiger partial charge in [0.1, 0.15) is 15.9 Å². The molecule has 0 saturated carbocycles. The van der Waals surface area contributed by atoms with Crippen LogP contribution in [0.3, 0.4) is 0 Å². The Bertz CT molecular complexity index is 740. The summed E-state index contributed by atoms with van der Waals surface area (Å²) in [6.07, 6.45) is 17.5. The first kappa shape index (κ1) is 32.2. The van der Waals surface area contributed by atoms with E-state index >= 15 is 0 Å². The summed E-state index contributed by atoms with van der Waals surface area (Å²) in [6.45, 7) is 2.33. The summed E-state index contributed by atoms with van der Waals surface area (Å²) < 4.78 is 40.0. The van der Waals surface area contributed by atoms with E-state index < -0.39 is 20.8 Å². The molecule has 0 aliphatic heterocycles. The molecule has 8 heteroatoms. The van der Waals surface area contributed by atoms with Crippen molar-refractivity contribution in [2.24, 2.45) is 5.73 Å². The van der Waals surface area contributed by atoms with Gasteiger partial charge in [-0.2, -0.15) is 0 Å². The second kappa shape index (κ2) is 19.5. The molecular weight excluding hydrogens is 453 g/mol. The summed E-state index contributed by atoms with van der Waals surface area (Å²) in [7, 11) is -4.74. The SMILES string of the molecule is CCCCCCCCCCCCCCCCOc1ccc(C(=O)CN)cc1S(=O)(=O)[O-].[K+]. The minimum atomic E-state index is -4.74. The van der Waals surface area contributed by atoms with Gasteiger partial charge in [0.25, 0.3) is 0 Å². The largest absolute Gasteiger partial charge is 1.00 e. The molecule has 1 aromatic carbocycles. The molecule has 0 spiro atoms. The third-order valence-corrected chi connectivity index (χ3v) is 6.33. The number of nitrogens with two attached hydrogens (primary N) is 1. The van der Waals surface area contributed by atoms with Gasteiger partial charge < -0.3 is 15.0 Å². The van der Waals surface area contributed by atoms with Crippen LogP contribution in [0.1, 0.15) is 107 Å². The van der Waals surface area contributed by atoms with E-state index in [4.69, 9.17) is 10.5 Å². The average molecular weight is 494 g/mol. The molecule has 32 heavy (non-hydrogen) atoms. The van der Waals surface area contributed by atoms with Crippen LogP contribution in [0.2, 0.25) is 0 Å². The standard InChI is InChI=1S/C24H41NO5S.K/c1-2-3-4-5-6-7-8-9-10-11-12-13-14-15-18-30-23-17-16-21(22(26)20-25)19-24(23)31(27,28)29;/h16-17,19H,2-15,18,20,25H2,1H3,(H,27,28,29);/q;+1/p-1. The van der Waals surface area contributed by atoms with Gasteiger partial charge in [-0.05, 0) is 24.6 Å². The smallest absolute Gasteiger partial charge is 0.744 e. The number of ether oxygens (including phenoxy) is 1. The molecule has 0 atom stereocenters. The molecular formula is C24H40KNO5S. The molecule has 1 rings (SSSR count). The minimum absolute atomic E-state index is 0. The van der Waals surface area contributed by atoms with Gasteiger partial charge in [0.2, 0.25) is 0 Å². The fraction of sp³-hybridized carbons (Fsp3) is 0.708. The third kappa shape index (κ3) is 14.5. The molecule has 2 N–H and O–H groups in total. The van der Waals surface area contributed by atoms with E-state index in [1.54, 1.807) is 0 Å². The second-order valence-corrected chi connectivity index (χ2v) is 9.54. The second-order valence-electron chi connectivity index (χ2n) is 8.19. The number of rotatable bonds is 19. The van der Waals surface area contributed by atoms with Crippen LogP contribution >= 0.6 is 0 Å². The number of unbranched alkanes of at least 4 members (excludes halogenated alkanes) is 13. The van der Waals surface area contributed by atoms with E-state index in [1.807, 2.05) is 0 Å². The normalized spacial score (nSPS) is 11.2. The Balaban J connectivity index is 0.00000961. The van der Waals surface area contributed by atoms with Crippen molar-refractivity contribution < 1.29 is 73.9 Å². The number of carbonyl (C=O) groups excluding carboxylic acids is 1. The van der Waals surface area contributed by atoms with Crippen molar-refractivity contribution in [1.82, 2.24) is 0 Å². The fourth-order valence-electron chi connectivity index (χ4n) is 3.59. The van der Waals surface area contributed by atoms with Crippen molar-refractivity contribution >= 4 is 15.9 Å². The quantitative estimate of drug-likeness (QED) is 0.137. The van der Waals surface area contributed by atoms with Gasteiger partial charge in [-0.3, -0.25) is 4.79 Å². The first-order valence-electron chi connectivity index (χ1n) is 11.9. The Morgan fingerprint density at radius 1 is 0.875 bits per heavy atom. The van der Waals surface area contributed by atoms with Crippen LogP contribution in [-0.4, -0.2) is 31.9 Å². The zero-order valence-electron chi connectivity index (χ0n) is 20.1. The maximum absolute atomic E-state index is 11.6. The average Bonchev–Trinajstić information content (AvgIpc) is 2.75. The van der Waals surface area contributed by atoms with Gasteiger partial charge in [-0.15, -0.1) is 0 Å². The Hall–Kier alpha value is 0.196. The molecule has 0 aliphatic rings. The summed E-state index contributed by atoms with van der Waals surface area (Å²) in [5.74, 6) is -0.429. The van der Waals surface area contributed by atoms with Gasteiger partial charge in [-0.25, -0.2) is 8.42 Å². The number of benzene rings is 1. The van der Waals surface area contributed by atoms with Crippen LogP contribution in [0.5, 0.6) is 5.75 Å². The van der Waals surface area contributed by atoms with Crippen molar-refractivity contribution in [3.05, 3.63) is 23.8 Å². The minimum Gasteiger partial charge on any atom is -0.744 e. The van der Waals surface area contributed by atoms with Gasteiger partial charge in [0, 0.05) is 5.56 Å². The molecule has 0 unspecified atom stereocenters. The molecule has 178 valence electrons. The van der Waals surface area contributed by atoms with Crippen LogP contribution < -0.4 is 61.9 Å². The predicted molar refractivity (Wildman–Crippen MR) is 124 cm³/mol. The monoisotopic (exact) mass is 493 g/mol. The van der Waals surface area contributed by atoms with Crippen LogP contribution in [0.25, 0.3) is 0 Å². The van der Waals surface area contributed by atoms with E-state index in [2.05, 4.69) is 6.92 Å². The predicted octanol–water partition coefficient (Wildman–Crippen LogP) is 2.60. The molecule has 0 amide bonds. The Kier molecular flexibility index (Phi) is 19.6. The molecule has 0 aliphatic carbocycles. The maximum atomic E-state index is 11.6. The van der Waals surface area contributed by atoms with Crippen molar-refractivity contribution in [2.75, 3.05) is 13.2 Å². The molecule has 0 fully saturated rings. The summed E-state index contributed by atoms with van der Waals surface area (Å²) in [5, 5.41) is 0. The van der Waals surface area contributed by atoms with Gasteiger partial charge in [0.15, 0.2) is 5.78 Å². The topological polar surface area (TPSA) is 110 Å². The van der Waals surface area contributed by atoms with Crippen LogP contribution in [-0.2, 0) is 10.1 Å². The van der Waals surface area contributed by atoms with E-state index in [0.29, 0.717) is 6.61 Å². The Labute approximate surface area is 237 Å². The summed E-state index contributed by atoms with van der Waals surface area (Å²) in [5.41, 5.74) is 5.39. The molecule has 1 aromatic rings. The molecule has 0 heterocycles. The van der Waals surface area contributed by atoms with E-state index in [0.717, 1.165) is 25.3 Å². The molecule has 0 radical (unpaired) electrons. The Morgan fingerprint density at radius 2 is 1.34 bits per heavy atom. The van der Waals surface area contributed by atoms with Gasteiger partial charge >= 0.3 is 51.4 Å². The summed E-state index contributed by atoms with van der Waals surface area (Å²) in [6, 6.07) is 3.85. The van der Waals surface area contributed by atoms with Crippen molar-refractivity contribution in [3.63, 3.8) is 0 Å². The van der Waals surface area contributed by atoms with E-state index in [9.17, 15) is 17.8 Å². The van der Waals surface area contributed by atoms with Crippen LogP contribution in [0.4, 0.5) is 0 Å². The van der Waals surface area contributed by atoms with Crippen molar-refractivity contribution in [2.45, 2.75) is 102 Å². The van der Waals surface area contributed by atoms with Crippen LogP contribution in [0.15, 0.2) is 23.1 Å². The number of Topliss-reactive ketones (excluding diaryl/α,β-unsaturated/α-hetero) is 1. The fourth-order valence-corrected chi connectivity index (χ4v) is 4.24. The third-order valence-electron chi connectivity index (χ3n) is 5.48. The molecule has 0 bridgehead atoms. The van der Waals surface area contributed by atoms with Gasteiger partial charge in [-0.1, -0.05) is 90.4 Å². The zero-order valence-corrected chi connectivity index (χ0v) is 24.0. The summed E-state index contributed by atoms with van der Waals surface area (Å²) >= 11 is 0. The summed E-state index contributed by atoms with van der Waals surface area (Å²) in [4.78, 5) is 11.1. The first-order valence-corrected chi connectivity index (χ1v) is 13.3. The van der Waals surface area contributed by atoms with Crippen LogP contribution in [0, 0.1) is 0 Å². The zero-order chi connectivity index (χ0) is 23.0. The maximum Gasteiger partial charge on any atom is 1.00 e. The molecule has 0 saturated heterocycles. The Morgan fingerprint density at radius 3 is 1.78 bits per heavy atom. The van der Waals surface area contributed by atoms with Crippen molar-refractivity contribution in [3.8, 4) is 5.75 Å². The first-order chi connectivity index (χ1) is 14.9. The van der Waals surface area contributed by atoms with E-state index in [-0.39, 0.29) is 69.2 Å². The number of hydrogen-bond acceptors (Lipinski definition) is 6.